The van der Waals surface area contributed by atoms with Gasteiger partial charge in [0.15, 0.2) is 0 Å². The highest BCUT2D eigenvalue weighted by atomic mass is 79.9. The quantitative estimate of drug-likeness (QED) is 0.395. The summed E-state index contributed by atoms with van der Waals surface area (Å²) in [5.41, 5.74) is 2.98. The Morgan fingerprint density at radius 3 is 2.40 bits per heavy atom. The number of rotatable bonds is 3. The molecule has 0 unspecified atom stereocenters. The lowest BCUT2D eigenvalue weighted by Gasteiger charge is -2.32. The van der Waals surface area contributed by atoms with Crippen molar-refractivity contribution in [3.63, 3.8) is 0 Å². The first kappa shape index (κ1) is 24.9. The molecule has 3 heterocycles. The molecule has 2 aromatic heterocycles. The highest BCUT2D eigenvalue weighted by Gasteiger charge is 2.51. The zero-order valence-corrected chi connectivity index (χ0v) is 21.7. The largest absolute Gasteiger partial charge is 0.494 e. The Bertz CT molecular complexity index is 1420. The molecule has 0 aliphatic carbocycles. The van der Waals surface area contributed by atoms with E-state index in [2.05, 4.69) is 59.9 Å². The number of nitrogens with zero attached hydrogens (tertiary/aromatic N) is 3. The van der Waals surface area contributed by atoms with Crippen molar-refractivity contribution >= 4 is 39.4 Å². The van der Waals surface area contributed by atoms with Crippen molar-refractivity contribution < 1.29 is 9.31 Å². The van der Waals surface area contributed by atoms with Gasteiger partial charge in [0.1, 0.15) is 0 Å². The molecule has 0 saturated carbocycles. The van der Waals surface area contributed by atoms with Gasteiger partial charge in [0, 0.05) is 22.1 Å². The van der Waals surface area contributed by atoms with Gasteiger partial charge in [-0.25, -0.2) is 0 Å². The van der Waals surface area contributed by atoms with E-state index in [0.717, 1.165) is 26.4 Å². The molecule has 7 nitrogen and oxygen atoms in total. The standard InChI is InChI=1S/C13H17BN2O2.C13H9BrN2O/c1-12(2)13(3,4)18-14(17-12)10-6-5-9-8-15-16-11(9)7-10;14-12-5-6-13(17)16(9-12)8-11-3-1-10(7-15)2-4-11/h5-8H,1-4H3,(H,15,16);1-6,9H,8H2. The van der Waals surface area contributed by atoms with Gasteiger partial charge in [0.25, 0.3) is 5.56 Å². The van der Waals surface area contributed by atoms with Gasteiger partial charge in [-0.1, -0.05) is 24.3 Å². The van der Waals surface area contributed by atoms with E-state index in [9.17, 15) is 4.79 Å². The summed E-state index contributed by atoms with van der Waals surface area (Å²) in [4.78, 5) is 11.6. The van der Waals surface area contributed by atoms with Crippen LogP contribution in [0.15, 0.2) is 76.3 Å². The number of fused-ring (bicyclic) bond motifs is 1. The van der Waals surface area contributed by atoms with Crippen LogP contribution >= 0.6 is 15.9 Å². The Morgan fingerprint density at radius 2 is 1.74 bits per heavy atom. The van der Waals surface area contributed by atoms with Crippen molar-refractivity contribution in [1.82, 2.24) is 14.8 Å². The fourth-order valence-corrected chi connectivity index (χ4v) is 3.97. The molecule has 0 bridgehead atoms. The van der Waals surface area contributed by atoms with E-state index < -0.39 is 0 Å². The monoisotopic (exact) mass is 532 g/mol. The molecule has 178 valence electrons. The van der Waals surface area contributed by atoms with Crippen LogP contribution in [0.4, 0.5) is 0 Å². The first-order chi connectivity index (χ1) is 16.6. The molecule has 1 aliphatic rings. The van der Waals surface area contributed by atoms with E-state index in [0.29, 0.717) is 12.1 Å². The Kier molecular flexibility index (Phi) is 6.99. The van der Waals surface area contributed by atoms with Crippen LogP contribution < -0.4 is 11.0 Å². The summed E-state index contributed by atoms with van der Waals surface area (Å²) in [5, 5.41) is 16.8. The number of halogens is 1. The minimum absolute atomic E-state index is 0.0439. The topological polar surface area (TPSA) is 92.9 Å². The zero-order valence-electron chi connectivity index (χ0n) is 20.1. The van der Waals surface area contributed by atoms with Crippen molar-refractivity contribution in [3.8, 4) is 6.07 Å². The number of nitriles is 1. The van der Waals surface area contributed by atoms with Crippen LogP contribution in [0.2, 0.25) is 0 Å². The number of pyridine rings is 1. The molecule has 2 aromatic carbocycles. The molecular weight excluding hydrogens is 507 g/mol. The molecule has 0 atom stereocenters. The van der Waals surface area contributed by atoms with Gasteiger partial charge in [-0.2, -0.15) is 10.4 Å². The van der Waals surface area contributed by atoms with Gasteiger partial charge in [0.05, 0.1) is 41.1 Å². The van der Waals surface area contributed by atoms with Crippen LogP contribution in [0.5, 0.6) is 0 Å². The zero-order chi connectivity index (χ0) is 25.2. The van der Waals surface area contributed by atoms with Gasteiger partial charge in [-0.15, -0.1) is 0 Å². The van der Waals surface area contributed by atoms with Gasteiger partial charge in [-0.05, 0) is 78.9 Å². The van der Waals surface area contributed by atoms with E-state index in [4.69, 9.17) is 14.6 Å². The third-order valence-corrected chi connectivity index (χ3v) is 6.84. The molecule has 5 rings (SSSR count). The van der Waals surface area contributed by atoms with Gasteiger partial charge >= 0.3 is 7.12 Å². The second-order valence-corrected chi connectivity index (χ2v) is 10.3. The van der Waals surface area contributed by atoms with E-state index in [1.807, 2.05) is 36.5 Å². The number of aromatic amines is 1. The van der Waals surface area contributed by atoms with Crippen LogP contribution in [-0.4, -0.2) is 33.1 Å². The van der Waals surface area contributed by atoms with Crippen molar-refractivity contribution in [2.24, 2.45) is 0 Å². The molecule has 0 radical (unpaired) electrons. The third-order valence-electron chi connectivity index (χ3n) is 6.37. The Balaban J connectivity index is 0.000000165. The molecule has 35 heavy (non-hydrogen) atoms. The normalized spacial score (nSPS) is 15.9. The lowest BCUT2D eigenvalue weighted by molar-refractivity contribution is 0.00578. The molecule has 4 aromatic rings. The Hall–Kier alpha value is -3.19. The van der Waals surface area contributed by atoms with Crippen LogP contribution in [-0.2, 0) is 15.9 Å². The van der Waals surface area contributed by atoms with E-state index in [1.165, 1.54) is 6.07 Å². The maximum atomic E-state index is 11.6. The van der Waals surface area contributed by atoms with Crippen molar-refractivity contribution in [3.05, 3.63) is 92.9 Å². The molecule has 0 amide bonds. The summed E-state index contributed by atoms with van der Waals surface area (Å²) in [6.07, 6.45) is 3.56. The first-order valence-corrected chi connectivity index (χ1v) is 12.0. The fraction of sp³-hybridized carbons (Fsp3) is 0.269. The summed E-state index contributed by atoms with van der Waals surface area (Å²) in [6.45, 7) is 8.73. The summed E-state index contributed by atoms with van der Waals surface area (Å²) in [6, 6.07) is 18.6. The SMILES string of the molecule is CC1(C)OB(c2ccc3cn[nH]c3c2)OC1(C)C.N#Cc1ccc(Cn2cc(Br)ccc2=O)cc1. The summed E-state index contributed by atoms with van der Waals surface area (Å²) < 4.78 is 14.5. The highest BCUT2D eigenvalue weighted by Crippen LogP contribution is 2.36. The Labute approximate surface area is 213 Å². The minimum atomic E-state index is -0.317. The molecular formula is C26H26BBrN4O3. The third kappa shape index (κ3) is 5.56. The average molecular weight is 533 g/mol. The van der Waals surface area contributed by atoms with Crippen LogP contribution in [0, 0.1) is 11.3 Å². The second kappa shape index (κ2) is 9.82. The van der Waals surface area contributed by atoms with Gasteiger partial charge in [0.2, 0.25) is 0 Å². The van der Waals surface area contributed by atoms with Crippen LogP contribution in [0.1, 0.15) is 38.8 Å². The number of aromatic nitrogens is 3. The second-order valence-electron chi connectivity index (χ2n) is 9.43. The predicted octanol–water partition coefficient (Wildman–Crippen LogP) is 4.39. The number of hydrogen-bond donors (Lipinski definition) is 1. The maximum Gasteiger partial charge on any atom is 0.494 e. The van der Waals surface area contributed by atoms with E-state index in [-0.39, 0.29) is 23.9 Å². The Morgan fingerprint density at radius 1 is 1.06 bits per heavy atom. The van der Waals surface area contributed by atoms with Gasteiger partial charge in [-0.3, -0.25) is 9.89 Å². The average Bonchev–Trinajstić information content (AvgIpc) is 3.37. The van der Waals surface area contributed by atoms with Crippen LogP contribution in [0.3, 0.4) is 0 Å². The molecule has 0 spiro atoms. The van der Waals surface area contributed by atoms with Crippen molar-refractivity contribution in [2.75, 3.05) is 0 Å². The minimum Gasteiger partial charge on any atom is -0.399 e. The maximum absolute atomic E-state index is 11.6. The number of hydrogen-bond acceptors (Lipinski definition) is 5. The number of H-pyrrole nitrogens is 1. The number of benzene rings is 2. The molecule has 1 N–H and O–H groups in total. The van der Waals surface area contributed by atoms with Gasteiger partial charge < -0.3 is 13.9 Å². The lowest BCUT2D eigenvalue weighted by Crippen LogP contribution is -2.41. The molecule has 1 aliphatic heterocycles. The number of nitrogens with one attached hydrogen (secondary N) is 1. The summed E-state index contributed by atoms with van der Waals surface area (Å²) in [7, 11) is -0.317. The van der Waals surface area contributed by atoms with E-state index >= 15 is 0 Å². The fourth-order valence-electron chi connectivity index (χ4n) is 3.59. The van der Waals surface area contributed by atoms with Crippen LogP contribution in [0.25, 0.3) is 10.9 Å². The smallest absolute Gasteiger partial charge is 0.399 e. The highest BCUT2D eigenvalue weighted by molar-refractivity contribution is 9.10. The van der Waals surface area contributed by atoms with Crippen molar-refractivity contribution in [1.29, 1.82) is 5.26 Å². The molecule has 1 saturated heterocycles. The predicted molar refractivity (Wildman–Crippen MR) is 140 cm³/mol. The van der Waals surface area contributed by atoms with Crippen molar-refractivity contribution in [2.45, 2.75) is 45.4 Å². The lowest BCUT2D eigenvalue weighted by atomic mass is 9.79. The van der Waals surface area contributed by atoms with E-state index in [1.54, 1.807) is 29.0 Å². The molecule has 9 heteroatoms. The molecule has 1 fully saturated rings. The first-order valence-electron chi connectivity index (χ1n) is 11.2. The summed E-state index contributed by atoms with van der Waals surface area (Å²) >= 11 is 3.33. The summed E-state index contributed by atoms with van der Waals surface area (Å²) in [5.74, 6) is 0.